The Morgan fingerprint density at radius 2 is 1.88 bits per heavy atom. The summed E-state index contributed by atoms with van der Waals surface area (Å²) in [6.45, 7) is 1.63. The molecule has 2 nitrogen and oxygen atoms in total. The van der Waals surface area contributed by atoms with Gasteiger partial charge in [-0.3, -0.25) is 4.79 Å². The van der Waals surface area contributed by atoms with Gasteiger partial charge < -0.3 is 4.74 Å². The number of carbonyl (C=O) groups excluding carboxylic acids is 1. The molecule has 0 atom stereocenters. The third-order valence-corrected chi connectivity index (χ3v) is 3.70. The van der Waals surface area contributed by atoms with Gasteiger partial charge in [0.05, 0.1) is 0 Å². The smallest absolute Gasteiger partial charge is 0.137 e. The largest absolute Gasteiger partial charge is 0.381 e. The molecule has 1 saturated heterocycles. The predicted octanol–water partition coefficient (Wildman–Crippen LogP) is 3.38. The molecule has 0 aliphatic carbocycles. The van der Waals surface area contributed by atoms with Crippen molar-refractivity contribution in [1.29, 1.82) is 0 Å². The number of hydrogen-bond acceptors (Lipinski definition) is 2. The second-order valence-corrected chi connectivity index (χ2v) is 5.52. The number of ketones is 1. The number of hydrogen-bond donors (Lipinski definition) is 0. The van der Waals surface area contributed by atoms with Gasteiger partial charge in [-0.1, -0.05) is 28.1 Å². The highest BCUT2D eigenvalue weighted by molar-refractivity contribution is 9.10. The van der Waals surface area contributed by atoms with Gasteiger partial charge in [0.2, 0.25) is 0 Å². The molecule has 2 rings (SSSR count). The number of halogens is 1. The van der Waals surface area contributed by atoms with Crippen LogP contribution in [0.2, 0.25) is 0 Å². The molecule has 92 valence electrons. The zero-order valence-corrected chi connectivity index (χ0v) is 11.4. The third kappa shape index (κ3) is 4.25. The highest BCUT2D eigenvalue weighted by Crippen LogP contribution is 2.20. The summed E-state index contributed by atoms with van der Waals surface area (Å²) in [5, 5.41) is 0. The van der Waals surface area contributed by atoms with Crippen molar-refractivity contribution < 1.29 is 9.53 Å². The summed E-state index contributed by atoms with van der Waals surface area (Å²) in [7, 11) is 0. The summed E-state index contributed by atoms with van der Waals surface area (Å²) >= 11 is 3.39. The fraction of sp³-hybridized carbons (Fsp3) is 0.500. The van der Waals surface area contributed by atoms with E-state index < -0.39 is 0 Å². The molecule has 0 N–H and O–H groups in total. The van der Waals surface area contributed by atoms with Crippen molar-refractivity contribution >= 4 is 21.7 Å². The van der Waals surface area contributed by atoms with Crippen LogP contribution >= 0.6 is 15.9 Å². The molecule has 0 amide bonds. The van der Waals surface area contributed by atoms with E-state index in [2.05, 4.69) is 15.9 Å². The Hall–Kier alpha value is -0.670. The Morgan fingerprint density at radius 1 is 1.24 bits per heavy atom. The van der Waals surface area contributed by atoms with Crippen molar-refractivity contribution in [2.75, 3.05) is 13.2 Å². The summed E-state index contributed by atoms with van der Waals surface area (Å²) in [5.41, 5.74) is 1.10. The maximum absolute atomic E-state index is 11.9. The molecule has 0 spiro atoms. The van der Waals surface area contributed by atoms with Crippen LogP contribution in [0, 0.1) is 5.92 Å². The number of carbonyl (C=O) groups is 1. The second-order valence-electron chi connectivity index (χ2n) is 4.60. The van der Waals surface area contributed by atoms with Gasteiger partial charge in [-0.05, 0) is 36.5 Å². The van der Waals surface area contributed by atoms with Gasteiger partial charge in [-0.2, -0.15) is 0 Å². The first-order chi connectivity index (χ1) is 8.24. The normalized spacial score (nSPS) is 17.0. The maximum atomic E-state index is 11.9. The summed E-state index contributed by atoms with van der Waals surface area (Å²) in [4.78, 5) is 11.9. The van der Waals surface area contributed by atoms with Crippen LogP contribution in [0.4, 0.5) is 0 Å². The molecule has 3 heteroatoms. The average Bonchev–Trinajstić information content (AvgIpc) is 2.33. The quantitative estimate of drug-likeness (QED) is 0.851. The molecule has 17 heavy (non-hydrogen) atoms. The maximum Gasteiger partial charge on any atom is 0.137 e. The summed E-state index contributed by atoms with van der Waals surface area (Å²) in [6.07, 6.45) is 3.34. The molecule has 0 aromatic heterocycles. The molecular formula is C14H17BrO2. The van der Waals surface area contributed by atoms with Gasteiger partial charge in [0.1, 0.15) is 5.78 Å². The van der Waals surface area contributed by atoms with E-state index in [4.69, 9.17) is 4.74 Å². The third-order valence-electron chi connectivity index (χ3n) is 3.17. The Morgan fingerprint density at radius 3 is 2.53 bits per heavy atom. The molecule has 1 heterocycles. The van der Waals surface area contributed by atoms with Gasteiger partial charge >= 0.3 is 0 Å². The van der Waals surface area contributed by atoms with Gasteiger partial charge in [0.15, 0.2) is 0 Å². The first kappa shape index (κ1) is 12.8. The van der Waals surface area contributed by atoms with Crippen molar-refractivity contribution in [3.63, 3.8) is 0 Å². The Balaban J connectivity index is 1.82. The first-order valence-electron chi connectivity index (χ1n) is 6.08. The van der Waals surface area contributed by atoms with Crippen LogP contribution < -0.4 is 0 Å². The predicted molar refractivity (Wildman–Crippen MR) is 71.0 cm³/mol. The van der Waals surface area contributed by atoms with E-state index in [0.717, 1.165) is 36.1 Å². The fourth-order valence-corrected chi connectivity index (χ4v) is 2.44. The standard InChI is InChI=1S/C14H17BrO2/c15-13-3-1-11(2-4-13)9-14(16)10-12-5-7-17-8-6-12/h1-4,12H,5-10H2. The number of benzene rings is 1. The van der Waals surface area contributed by atoms with Crippen molar-refractivity contribution in [2.24, 2.45) is 5.92 Å². The van der Waals surface area contributed by atoms with Gasteiger partial charge in [0.25, 0.3) is 0 Å². The zero-order chi connectivity index (χ0) is 12.1. The van der Waals surface area contributed by atoms with Crippen LogP contribution in [0.25, 0.3) is 0 Å². The molecule has 1 aliphatic rings. The minimum absolute atomic E-state index is 0.347. The van der Waals surface area contributed by atoms with Crippen molar-refractivity contribution in [3.05, 3.63) is 34.3 Å². The van der Waals surface area contributed by atoms with Crippen molar-refractivity contribution in [1.82, 2.24) is 0 Å². The number of Topliss-reactive ketones (excluding diaryl/α,β-unsaturated/α-hetero) is 1. The van der Waals surface area contributed by atoms with E-state index in [1.165, 1.54) is 0 Å². The summed E-state index contributed by atoms with van der Waals surface area (Å²) in [5.74, 6) is 0.880. The van der Waals surface area contributed by atoms with E-state index in [1.54, 1.807) is 0 Å². The topological polar surface area (TPSA) is 26.3 Å². The van der Waals surface area contributed by atoms with Crippen LogP contribution in [0.3, 0.4) is 0 Å². The lowest BCUT2D eigenvalue weighted by atomic mass is 9.92. The zero-order valence-electron chi connectivity index (χ0n) is 9.82. The molecule has 1 fully saturated rings. The lowest BCUT2D eigenvalue weighted by Crippen LogP contribution is -2.19. The van der Waals surface area contributed by atoms with Crippen molar-refractivity contribution in [3.8, 4) is 0 Å². The minimum atomic E-state index is 0.347. The Kier molecular flexibility index (Phi) is 4.75. The SMILES string of the molecule is O=C(Cc1ccc(Br)cc1)CC1CCOCC1. The van der Waals surface area contributed by atoms with Gasteiger partial charge in [0, 0.05) is 30.5 Å². The fourth-order valence-electron chi connectivity index (χ4n) is 2.17. The average molecular weight is 297 g/mol. The van der Waals surface area contributed by atoms with Gasteiger partial charge in [-0.15, -0.1) is 0 Å². The van der Waals surface area contributed by atoms with Crippen LogP contribution in [0.5, 0.6) is 0 Å². The first-order valence-corrected chi connectivity index (χ1v) is 6.87. The molecule has 0 bridgehead atoms. The molecule has 1 aromatic carbocycles. The van der Waals surface area contributed by atoms with Crippen LogP contribution in [-0.2, 0) is 16.0 Å². The van der Waals surface area contributed by atoms with Crippen LogP contribution in [0.1, 0.15) is 24.8 Å². The van der Waals surface area contributed by atoms with E-state index >= 15 is 0 Å². The monoisotopic (exact) mass is 296 g/mol. The number of ether oxygens (including phenoxy) is 1. The molecule has 1 aliphatic heterocycles. The second kappa shape index (κ2) is 6.31. The van der Waals surface area contributed by atoms with E-state index in [9.17, 15) is 4.79 Å². The molecule has 0 radical (unpaired) electrons. The summed E-state index contributed by atoms with van der Waals surface area (Å²) in [6, 6.07) is 7.98. The van der Waals surface area contributed by atoms with Crippen LogP contribution in [0.15, 0.2) is 28.7 Å². The Bertz CT molecular complexity index is 366. The minimum Gasteiger partial charge on any atom is -0.381 e. The van der Waals surface area contributed by atoms with Crippen LogP contribution in [-0.4, -0.2) is 19.0 Å². The van der Waals surface area contributed by atoms with Crippen molar-refractivity contribution in [2.45, 2.75) is 25.7 Å². The highest BCUT2D eigenvalue weighted by Gasteiger charge is 2.17. The van der Waals surface area contributed by atoms with E-state index in [1.807, 2.05) is 24.3 Å². The molecular weight excluding hydrogens is 280 g/mol. The Labute approximate surface area is 110 Å². The molecule has 1 aromatic rings. The highest BCUT2D eigenvalue weighted by atomic mass is 79.9. The molecule has 0 saturated carbocycles. The lowest BCUT2D eigenvalue weighted by Gasteiger charge is -2.21. The lowest BCUT2D eigenvalue weighted by molar-refractivity contribution is -0.120. The van der Waals surface area contributed by atoms with E-state index in [0.29, 0.717) is 24.5 Å². The van der Waals surface area contributed by atoms with E-state index in [-0.39, 0.29) is 0 Å². The molecule has 0 unspecified atom stereocenters. The number of rotatable bonds is 4. The summed E-state index contributed by atoms with van der Waals surface area (Å²) < 4.78 is 6.35. The van der Waals surface area contributed by atoms with Gasteiger partial charge in [-0.25, -0.2) is 0 Å².